The summed E-state index contributed by atoms with van der Waals surface area (Å²) in [5.41, 5.74) is 0.0390. The third kappa shape index (κ3) is 3.01. The van der Waals surface area contributed by atoms with Crippen LogP contribution in [0.15, 0.2) is 18.3 Å². The van der Waals surface area contributed by atoms with Crippen LogP contribution in [-0.4, -0.2) is 30.0 Å². The summed E-state index contributed by atoms with van der Waals surface area (Å²) in [6, 6.07) is 1.57. The summed E-state index contributed by atoms with van der Waals surface area (Å²) < 4.78 is 17.0. The van der Waals surface area contributed by atoms with Gasteiger partial charge in [-0.05, 0) is 19.1 Å². The molecule has 1 aromatic heterocycles. The lowest BCUT2D eigenvalue weighted by molar-refractivity contribution is -0.142. The number of esters is 1. The van der Waals surface area contributed by atoms with Gasteiger partial charge in [0.1, 0.15) is 17.6 Å². The fourth-order valence-corrected chi connectivity index (χ4v) is 1.02. The van der Waals surface area contributed by atoms with Gasteiger partial charge in [-0.2, -0.15) is 0 Å². The Hall–Kier alpha value is -1.98. The van der Waals surface area contributed by atoms with Gasteiger partial charge in [-0.3, -0.25) is 4.79 Å². The zero-order chi connectivity index (χ0) is 12.1. The molecular formula is C10H11FN2O3. The molecule has 86 valence electrons. The Bertz CT molecular complexity index is 392. The molecule has 1 rings (SSSR count). The molecule has 1 heterocycles. The molecular weight excluding hydrogens is 215 g/mol. The number of ether oxygens (including phenoxy) is 1. The van der Waals surface area contributed by atoms with Crippen LogP contribution in [0.3, 0.4) is 0 Å². The fraction of sp³-hybridized carbons (Fsp3) is 0.300. The fourth-order valence-electron chi connectivity index (χ4n) is 1.02. The van der Waals surface area contributed by atoms with Gasteiger partial charge in [0, 0.05) is 0 Å². The molecule has 0 radical (unpaired) electrons. The lowest BCUT2D eigenvalue weighted by Crippen LogP contribution is -2.39. The smallest absolute Gasteiger partial charge is 0.328 e. The van der Waals surface area contributed by atoms with E-state index in [0.717, 1.165) is 12.3 Å². The number of carbonyl (C=O) groups is 2. The zero-order valence-electron chi connectivity index (χ0n) is 8.86. The van der Waals surface area contributed by atoms with Gasteiger partial charge in [-0.1, -0.05) is 0 Å². The molecule has 1 unspecified atom stereocenters. The van der Waals surface area contributed by atoms with E-state index in [0.29, 0.717) is 0 Å². The molecule has 0 fully saturated rings. The second kappa shape index (κ2) is 5.20. The van der Waals surface area contributed by atoms with Crippen LogP contribution in [0, 0.1) is 5.82 Å². The molecule has 16 heavy (non-hydrogen) atoms. The zero-order valence-corrected chi connectivity index (χ0v) is 8.86. The molecule has 0 aliphatic heterocycles. The molecule has 1 atom stereocenters. The maximum atomic E-state index is 12.5. The number of amides is 1. The van der Waals surface area contributed by atoms with Crippen molar-refractivity contribution in [2.45, 2.75) is 13.0 Å². The summed E-state index contributed by atoms with van der Waals surface area (Å²) in [5, 5.41) is 2.37. The van der Waals surface area contributed by atoms with Gasteiger partial charge in [0.25, 0.3) is 5.91 Å². The second-order valence-corrected chi connectivity index (χ2v) is 3.08. The molecule has 0 aliphatic carbocycles. The Balaban J connectivity index is 2.65. The molecule has 0 spiro atoms. The average molecular weight is 226 g/mol. The molecule has 0 aromatic carbocycles. The summed E-state index contributed by atoms with van der Waals surface area (Å²) in [4.78, 5) is 26.1. The van der Waals surface area contributed by atoms with Crippen molar-refractivity contribution in [1.82, 2.24) is 10.3 Å². The van der Waals surface area contributed by atoms with Crippen LogP contribution in [0.2, 0.25) is 0 Å². The monoisotopic (exact) mass is 226 g/mol. The Labute approximate surface area is 91.6 Å². The Morgan fingerprint density at radius 3 is 2.69 bits per heavy atom. The van der Waals surface area contributed by atoms with Crippen LogP contribution in [0.5, 0.6) is 0 Å². The lowest BCUT2D eigenvalue weighted by Gasteiger charge is -2.10. The van der Waals surface area contributed by atoms with Gasteiger partial charge in [-0.25, -0.2) is 14.2 Å². The minimum Gasteiger partial charge on any atom is -0.467 e. The Kier molecular flexibility index (Phi) is 3.93. The van der Waals surface area contributed by atoms with Gasteiger partial charge >= 0.3 is 5.97 Å². The van der Waals surface area contributed by atoms with Gasteiger partial charge < -0.3 is 10.1 Å². The number of methoxy groups -OCH3 is 1. The number of nitrogens with one attached hydrogen (secondary N) is 1. The molecule has 0 saturated carbocycles. The van der Waals surface area contributed by atoms with E-state index in [1.54, 1.807) is 0 Å². The molecule has 5 nitrogen and oxygen atoms in total. The van der Waals surface area contributed by atoms with Crippen LogP contribution in [0.25, 0.3) is 0 Å². The third-order valence-corrected chi connectivity index (χ3v) is 1.86. The number of carbonyl (C=O) groups excluding carboxylic acids is 2. The Morgan fingerprint density at radius 1 is 1.50 bits per heavy atom. The maximum absolute atomic E-state index is 12.5. The number of rotatable bonds is 3. The van der Waals surface area contributed by atoms with Crippen LogP contribution in [0.1, 0.15) is 17.4 Å². The quantitative estimate of drug-likeness (QED) is 0.762. The SMILES string of the molecule is COC(=O)C(C)NC(=O)c1ccc(F)cn1. The Morgan fingerprint density at radius 2 is 2.19 bits per heavy atom. The van der Waals surface area contributed by atoms with Crippen molar-refractivity contribution in [3.8, 4) is 0 Å². The molecule has 1 aromatic rings. The summed E-state index contributed by atoms with van der Waals surface area (Å²) >= 11 is 0. The van der Waals surface area contributed by atoms with E-state index in [1.165, 1.54) is 20.1 Å². The second-order valence-electron chi connectivity index (χ2n) is 3.08. The van der Waals surface area contributed by atoms with Gasteiger partial charge in [0.05, 0.1) is 13.3 Å². The van der Waals surface area contributed by atoms with E-state index in [1.807, 2.05) is 0 Å². The van der Waals surface area contributed by atoms with Crippen molar-refractivity contribution in [3.63, 3.8) is 0 Å². The highest BCUT2D eigenvalue weighted by Gasteiger charge is 2.17. The molecule has 1 amide bonds. The van der Waals surface area contributed by atoms with E-state index < -0.39 is 23.7 Å². The van der Waals surface area contributed by atoms with E-state index in [-0.39, 0.29) is 5.69 Å². The lowest BCUT2D eigenvalue weighted by atomic mass is 10.3. The standard InChI is InChI=1S/C10H11FN2O3/c1-6(10(15)16-2)13-9(14)8-4-3-7(11)5-12-8/h3-6H,1-2H3,(H,13,14). The maximum Gasteiger partial charge on any atom is 0.328 e. The van der Waals surface area contributed by atoms with Crippen LogP contribution < -0.4 is 5.32 Å². The number of hydrogen-bond donors (Lipinski definition) is 1. The van der Waals surface area contributed by atoms with Gasteiger partial charge in [0.15, 0.2) is 0 Å². The van der Waals surface area contributed by atoms with Crippen molar-refractivity contribution in [1.29, 1.82) is 0 Å². The number of hydrogen-bond acceptors (Lipinski definition) is 4. The average Bonchev–Trinajstić information content (AvgIpc) is 2.28. The van der Waals surface area contributed by atoms with E-state index in [9.17, 15) is 14.0 Å². The molecule has 0 bridgehead atoms. The third-order valence-electron chi connectivity index (χ3n) is 1.86. The summed E-state index contributed by atoms with van der Waals surface area (Å²) in [6.45, 7) is 1.48. The first kappa shape index (κ1) is 12.1. The van der Waals surface area contributed by atoms with Gasteiger partial charge in [-0.15, -0.1) is 0 Å². The predicted molar refractivity (Wildman–Crippen MR) is 53.1 cm³/mol. The van der Waals surface area contributed by atoms with Crippen LogP contribution in [0.4, 0.5) is 4.39 Å². The van der Waals surface area contributed by atoms with Crippen molar-refractivity contribution in [3.05, 3.63) is 29.8 Å². The minimum absolute atomic E-state index is 0.0390. The van der Waals surface area contributed by atoms with Crippen LogP contribution in [-0.2, 0) is 9.53 Å². The summed E-state index contributed by atoms with van der Waals surface area (Å²) in [7, 11) is 1.22. The van der Waals surface area contributed by atoms with Crippen molar-refractivity contribution < 1.29 is 18.7 Å². The summed E-state index contributed by atoms with van der Waals surface area (Å²) in [6.07, 6.45) is 0.928. The van der Waals surface area contributed by atoms with E-state index >= 15 is 0 Å². The number of nitrogens with zero attached hydrogens (tertiary/aromatic N) is 1. The highest BCUT2D eigenvalue weighted by Crippen LogP contribution is 1.99. The minimum atomic E-state index is -0.774. The topological polar surface area (TPSA) is 68.3 Å². The predicted octanol–water partition coefficient (Wildman–Crippen LogP) is 0.512. The number of aromatic nitrogens is 1. The van der Waals surface area contributed by atoms with Crippen molar-refractivity contribution in [2.75, 3.05) is 7.11 Å². The molecule has 0 saturated heterocycles. The largest absolute Gasteiger partial charge is 0.467 e. The van der Waals surface area contributed by atoms with Crippen molar-refractivity contribution >= 4 is 11.9 Å². The van der Waals surface area contributed by atoms with Gasteiger partial charge in [0.2, 0.25) is 0 Å². The molecule has 6 heteroatoms. The summed E-state index contributed by atoms with van der Waals surface area (Å²) in [5.74, 6) is -1.65. The van der Waals surface area contributed by atoms with E-state index in [2.05, 4.69) is 15.0 Å². The normalized spacial score (nSPS) is 11.7. The first-order chi connectivity index (χ1) is 7.54. The highest BCUT2D eigenvalue weighted by molar-refractivity contribution is 5.94. The number of halogens is 1. The first-order valence-corrected chi connectivity index (χ1v) is 4.55. The number of pyridine rings is 1. The first-order valence-electron chi connectivity index (χ1n) is 4.55. The van der Waals surface area contributed by atoms with Crippen LogP contribution >= 0.6 is 0 Å². The highest BCUT2D eigenvalue weighted by atomic mass is 19.1. The molecule has 1 N–H and O–H groups in total. The molecule has 0 aliphatic rings. The van der Waals surface area contributed by atoms with E-state index in [4.69, 9.17) is 0 Å². The van der Waals surface area contributed by atoms with Crippen molar-refractivity contribution in [2.24, 2.45) is 0 Å².